The van der Waals surface area contributed by atoms with E-state index in [-0.39, 0.29) is 0 Å². The van der Waals surface area contributed by atoms with Gasteiger partial charge in [-0.25, -0.2) is 4.79 Å². The minimum absolute atomic E-state index is 0.431. The number of hydrogen-bond donors (Lipinski definition) is 3. The van der Waals surface area contributed by atoms with Gasteiger partial charge < -0.3 is 20.7 Å². The predicted molar refractivity (Wildman–Crippen MR) is 56.3 cm³/mol. The molecule has 1 rings (SSSR count). The average Bonchev–Trinajstić information content (AvgIpc) is 2.31. The van der Waals surface area contributed by atoms with Gasteiger partial charge in [-0.1, -0.05) is 0 Å². The highest BCUT2D eigenvalue weighted by atomic mass is 16.6. The number of aliphatic hydroxyl groups excluding tert-OH is 2. The molecular weight excluding hydrogens is 198 g/mol. The van der Waals surface area contributed by atoms with Gasteiger partial charge in [-0.15, -0.1) is 0 Å². The second-order valence-corrected chi connectivity index (χ2v) is 4.60. The number of ether oxygens (including phenoxy) is 1. The van der Waals surface area contributed by atoms with Gasteiger partial charge in [0.15, 0.2) is 0 Å². The van der Waals surface area contributed by atoms with Crippen molar-refractivity contribution in [3.8, 4) is 0 Å². The van der Waals surface area contributed by atoms with Crippen LogP contribution in [-0.4, -0.2) is 34.1 Å². The van der Waals surface area contributed by atoms with E-state index in [0.717, 1.165) is 19.3 Å². The van der Waals surface area contributed by atoms with E-state index in [2.05, 4.69) is 4.74 Å². The van der Waals surface area contributed by atoms with E-state index in [0.29, 0.717) is 0 Å². The first-order chi connectivity index (χ1) is 6.72. The molecule has 1 unspecified atom stereocenters. The molecule has 0 saturated heterocycles. The zero-order valence-corrected chi connectivity index (χ0v) is 9.56. The van der Waals surface area contributed by atoms with Crippen molar-refractivity contribution in [1.29, 1.82) is 0 Å². The molecule has 1 fully saturated rings. The molecule has 0 heterocycles. The minimum atomic E-state index is -0.725. The second kappa shape index (κ2) is 5.92. The van der Waals surface area contributed by atoms with Gasteiger partial charge in [-0.05, 0) is 40.0 Å². The molecule has 1 aliphatic carbocycles. The van der Waals surface area contributed by atoms with E-state index in [1.165, 1.54) is 0 Å². The fraction of sp³-hybridized carbons (Fsp3) is 0.900. The number of nitrogens with two attached hydrogens (primary N) is 1. The molecule has 0 aromatic carbocycles. The summed E-state index contributed by atoms with van der Waals surface area (Å²) in [6.45, 7) is 5.28. The van der Waals surface area contributed by atoms with Gasteiger partial charge in [0.2, 0.25) is 0 Å². The third-order valence-electron chi connectivity index (χ3n) is 1.85. The molecule has 15 heavy (non-hydrogen) atoms. The molecule has 1 amide bonds. The highest BCUT2D eigenvalue weighted by Gasteiger charge is 2.21. The molecule has 5 nitrogen and oxygen atoms in total. The third kappa shape index (κ3) is 8.20. The Morgan fingerprint density at radius 3 is 1.73 bits per heavy atom. The van der Waals surface area contributed by atoms with Crippen LogP contribution in [0, 0.1) is 0 Å². The summed E-state index contributed by atoms with van der Waals surface area (Å²) in [5.74, 6) is 0. The van der Waals surface area contributed by atoms with Gasteiger partial charge in [-0.3, -0.25) is 0 Å². The van der Waals surface area contributed by atoms with Crippen LogP contribution in [0.3, 0.4) is 0 Å². The van der Waals surface area contributed by atoms with E-state index in [1.807, 2.05) is 0 Å². The van der Waals surface area contributed by atoms with E-state index in [9.17, 15) is 4.79 Å². The van der Waals surface area contributed by atoms with E-state index >= 15 is 0 Å². The Hall–Kier alpha value is -0.810. The van der Waals surface area contributed by atoms with Crippen LogP contribution in [0.5, 0.6) is 0 Å². The summed E-state index contributed by atoms with van der Waals surface area (Å²) in [5, 5.41) is 17.5. The van der Waals surface area contributed by atoms with Crippen LogP contribution in [0.25, 0.3) is 0 Å². The molecule has 1 aliphatic rings. The van der Waals surface area contributed by atoms with E-state index in [4.69, 9.17) is 15.9 Å². The molecular formula is C10H21NO4. The van der Waals surface area contributed by atoms with Crippen LogP contribution in [-0.2, 0) is 4.74 Å². The number of aliphatic hydroxyl groups is 2. The fourth-order valence-electron chi connectivity index (χ4n) is 1.22. The Bertz CT molecular complexity index is 192. The number of rotatable bonds is 0. The standard InChI is InChI=1S/C5H11NO2.C5H10O2/c1-5(2,3)8-4(6)7;6-4-2-1-3-5(4)7/h1-3H3,(H2,6,7);4-7H,1-3H2/t;4-,5?/m.1/s1. The van der Waals surface area contributed by atoms with Gasteiger partial charge >= 0.3 is 6.09 Å². The van der Waals surface area contributed by atoms with Gasteiger partial charge in [0.25, 0.3) is 0 Å². The first kappa shape index (κ1) is 14.2. The molecule has 1 saturated carbocycles. The molecule has 2 atom stereocenters. The van der Waals surface area contributed by atoms with Crippen LogP contribution in [0.2, 0.25) is 0 Å². The van der Waals surface area contributed by atoms with Crippen molar-refractivity contribution in [2.75, 3.05) is 0 Å². The van der Waals surface area contributed by atoms with Crippen molar-refractivity contribution in [3.63, 3.8) is 0 Å². The van der Waals surface area contributed by atoms with E-state index < -0.39 is 23.9 Å². The maximum absolute atomic E-state index is 10.0. The zero-order chi connectivity index (χ0) is 12.1. The third-order valence-corrected chi connectivity index (χ3v) is 1.85. The van der Waals surface area contributed by atoms with Crippen LogP contribution < -0.4 is 5.73 Å². The summed E-state index contributed by atoms with van der Waals surface area (Å²) in [6.07, 6.45) is 0.947. The second-order valence-electron chi connectivity index (χ2n) is 4.60. The summed E-state index contributed by atoms with van der Waals surface area (Å²) >= 11 is 0. The normalized spacial score (nSPS) is 25.4. The van der Waals surface area contributed by atoms with Crippen molar-refractivity contribution in [1.82, 2.24) is 0 Å². The van der Waals surface area contributed by atoms with Gasteiger partial charge in [0.05, 0.1) is 12.2 Å². The van der Waals surface area contributed by atoms with Crippen molar-refractivity contribution >= 4 is 6.09 Å². The zero-order valence-electron chi connectivity index (χ0n) is 9.56. The number of amides is 1. The van der Waals surface area contributed by atoms with Crippen molar-refractivity contribution in [2.24, 2.45) is 5.73 Å². The highest BCUT2D eigenvalue weighted by Crippen LogP contribution is 2.17. The topological polar surface area (TPSA) is 92.8 Å². The molecule has 0 aromatic rings. The highest BCUT2D eigenvalue weighted by molar-refractivity contribution is 5.65. The van der Waals surface area contributed by atoms with Gasteiger partial charge in [0, 0.05) is 0 Å². The number of hydrogen-bond acceptors (Lipinski definition) is 4. The van der Waals surface area contributed by atoms with Gasteiger partial charge in [0.1, 0.15) is 5.60 Å². The summed E-state index contributed by atoms with van der Waals surface area (Å²) in [5.41, 5.74) is 4.26. The predicted octanol–water partition coefficient (Wildman–Crippen LogP) is 0.772. The van der Waals surface area contributed by atoms with Crippen molar-refractivity contribution < 1.29 is 19.7 Å². The summed E-state index contributed by atoms with van der Waals surface area (Å²) in [7, 11) is 0. The molecule has 0 aromatic heterocycles. The summed E-state index contributed by atoms with van der Waals surface area (Å²) in [6, 6.07) is 0. The number of carbonyl (C=O) groups is 1. The SMILES string of the molecule is CC(C)(C)OC(N)=O.OC1CCC[C@H]1O. The molecule has 0 bridgehead atoms. The monoisotopic (exact) mass is 219 g/mol. The van der Waals surface area contributed by atoms with Crippen molar-refractivity contribution in [2.45, 2.75) is 57.8 Å². The lowest BCUT2D eigenvalue weighted by Gasteiger charge is -2.16. The van der Waals surface area contributed by atoms with Crippen LogP contribution in [0.15, 0.2) is 0 Å². The summed E-state index contributed by atoms with van der Waals surface area (Å²) in [4.78, 5) is 10.0. The van der Waals surface area contributed by atoms with Crippen LogP contribution in [0.4, 0.5) is 4.79 Å². The minimum Gasteiger partial charge on any atom is -0.444 e. The van der Waals surface area contributed by atoms with E-state index in [1.54, 1.807) is 20.8 Å². The number of carbonyl (C=O) groups excluding carboxylic acids is 1. The Labute approximate surface area is 90.2 Å². The molecule has 90 valence electrons. The Morgan fingerprint density at radius 2 is 1.67 bits per heavy atom. The van der Waals surface area contributed by atoms with Crippen LogP contribution >= 0.6 is 0 Å². The summed E-state index contributed by atoms with van der Waals surface area (Å²) < 4.78 is 4.58. The maximum Gasteiger partial charge on any atom is 0.405 e. The first-order valence-electron chi connectivity index (χ1n) is 5.07. The Balaban J connectivity index is 0.000000262. The lowest BCUT2D eigenvalue weighted by Crippen LogP contribution is -2.27. The molecule has 0 radical (unpaired) electrons. The lowest BCUT2D eigenvalue weighted by molar-refractivity contribution is 0.0438. The molecule has 5 heteroatoms. The molecule has 0 aliphatic heterocycles. The average molecular weight is 219 g/mol. The smallest absolute Gasteiger partial charge is 0.405 e. The quantitative estimate of drug-likeness (QED) is 0.561. The molecule has 0 spiro atoms. The van der Waals surface area contributed by atoms with Crippen molar-refractivity contribution in [3.05, 3.63) is 0 Å². The van der Waals surface area contributed by atoms with Crippen LogP contribution in [0.1, 0.15) is 40.0 Å². The number of primary amides is 1. The Morgan fingerprint density at radius 1 is 1.27 bits per heavy atom. The lowest BCUT2D eigenvalue weighted by atomic mass is 10.2. The largest absolute Gasteiger partial charge is 0.444 e. The Kier molecular flexibility index (Phi) is 5.60. The first-order valence-corrected chi connectivity index (χ1v) is 5.07. The maximum atomic E-state index is 10.0. The molecule has 4 N–H and O–H groups in total. The van der Waals surface area contributed by atoms with Gasteiger partial charge in [-0.2, -0.15) is 0 Å². The fourth-order valence-corrected chi connectivity index (χ4v) is 1.22.